The van der Waals surface area contributed by atoms with Crippen LogP contribution in [0.15, 0.2) is 117 Å². The Hall–Kier alpha value is -5.50. The zero-order valence-electron chi connectivity index (χ0n) is 20.5. The molecular formula is C31H21N3O5. The molecule has 8 nitrogen and oxygen atoms in total. The lowest BCUT2D eigenvalue weighted by Gasteiger charge is -2.08. The highest BCUT2D eigenvalue weighted by Crippen LogP contribution is 2.27. The topological polar surface area (TPSA) is 107 Å². The zero-order chi connectivity index (χ0) is 26.8. The lowest BCUT2D eigenvalue weighted by Crippen LogP contribution is -2.20. The Labute approximate surface area is 222 Å². The third-order valence-electron chi connectivity index (χ3n) is 6.19. The lowest BCUT2D eigenvalue weighted by molar-refractivity contribution is 0.0697. The number of aromatic nitrogens is 2. The molecule has 6 aromatic rings. The van der Waals surface area contributed by atoms with Crippen molar-refractivity contribution < 1.29 is 19.1 Å². The highest BCUT2D eigenvalue weighted by molar-refractivity contribution is 5.87. The molecule has 0 spiro atoms. The molecule has 0 atom stereocenters. The largest absolute Gasteiger partial charge is 0.489 e. The van der Waals surface area contributed by atoms with Crippen molar-refractivity contribution in [2.24, 2.45) is 5.10 Å². The van der Waals surface area contributed by atoms with Crippen molar-refractivity contribution >= 4 is 34.1 Å². The monoisotopic (exact) mass is 515 g/mol. The van der Waals surface area contributed by atoms with Gasteiger partial charge >= 0.3 is 5.97 Å². The highest BCUT2D eigenvalue weighted by atomic mass is 16.5. The standard InChI is InChI=1S/C31H21N3O5/c35-30-25-9-2-3-10-26(25)33-29(28-17-23-7-1-4-11-27(23)39-28)34(30)32-18-21-6-5-8-24(16-21)38-19-20-12-14-22(15-13-20)31(36)37/h1-18H,19H2,(H,36,37). The molecule has 1 N–H and O–H groups in total. The van der Waals surface area contributed by atoms with Gasteiger partial charge in [-0.15, -0.1) is 0 Å². The van der Waals surface area contributed by atoms with E-state index >= 15 is 0 Å². The number of rotatable bonds is 7. The van der Waals surface area contributed by atoms with Crippen LogP contribution in [-0.4, -0.2) is 27.0 Å². The molecule has 0 saturated heterocycles. The maximum Gasteiger partial charge on any atom is 0.335 e. The molecule has 0 aliphatic rings. The fourth-order valence-electron chi connectivity index (χ4n) is 4.20. The molecule has 0 aliphatic carbocycles. The average molecular weight is 516 g/mol. The normalized spacial score (nSPS) is 11.4. The van der Waals surface area contributed by atoms with Crippen molar-refractivity contribution in [1.82, 2.24) is 9.66 Å². The number of nitrogens with zero attached hydrogens (tertiary/aromatic N) is 3. The summed E-state index contributed by atoms with van der Waals surface area (Å²) in [4.78, 5) is 29.2. The molecule has 190 valence electrons. The second-order valence-corrected chi connectivity index (χ2v) is 8.83. The van der Waals surface area contributed by atoms with Crippen LogP contribution in [-0.2, 0) is 6.61 Å². The van der Waals surface area contributed by atoms with Crippen molar-refractivity contribution in [3.05, 3.63) is 130 Å². The maximum absolute atomic E-state index is 13.5. The molecule has 0 radical (unpaired) electrons. The minimum atomic E-state index is -0.973. The van der Waals surface area contributed by atoms with Crippen LogP contribution >= 0.6 is 0 Å². The Bertz CT molecular complexity index is 1890. The van der Waals surface area contributed by atoms with Crippen molar-refractivity contribution in [2.45, 2.75) is 6.61 Å². The van der Waals surface area contributed by atoms with E-state index in [9.17, 15) is 9.59 Å². The van der Waals surface area contributed by atoms with Gasteiger partial charge in [0.1, 0.15) is 17.9 Å². The van der Waals surface area contributed by atoms with Gasteiger partial charge in [-0.05, 0) is 59.7 Å². The quantitative estimate of drug-likeness (QED) is 0.263. The SMILES string of the molecule is O=C(O)c1ccc(COc2cccc(C=Nn3c(-c4cc5ccccc5o4)nc4ccccc4c3=O)c2)cc1. The smallest absolute Gasteiger partial charge is 0.335 e. The van der Waals surface area contributed by atoms with Crippen molar-refractivity contribution in [3.63, 3.8) is 0 Å². The fourth-order valence-corrected chi connectivity index (χ4v) is 4.20. The van der Waals surface area contributed by atoms with Gasteiger partial charge in [0.25, 0.3) is 5.56 Å². The minimum absolute atomic E-state index is 0.220. The molecule has 0 unspecified atom stereocenters. The van der Waals surface area contributed by atoms with Gasteiger partial charge in [-0.25, -0.2) is 9.78 Å². The van der Waals surface area contributed by atoms with Crippen molar-refractivity contribution in [1.29, 1.82) is 0 Å². The van der Waals surface area contributed by atoms with Gasteiger partial charge < -0.3 is 14.3 Å². The molecular weight excluding hydrogens is 494 g/mol. The summed E-state index contributed by atoms with van der Waals surface area (Å²) in [7, 11) is 0. The van der Waals surface area contributed by atoms with Gasteiger partial charge in [0.2, 0.25) is 5.82 Å². The van der Waals surface area contributed by atoms with E-state index in [2.05, 4.69) is 5.10 Å². The van der Waals surface area contributed by atoms with E-state index in [-0.39, 0.29) is 17.7 Å². The maximum atomic E-state index is 13.5. The van der Waals surface area contributed by atoms with Crippen LogP contribution in [0.4, 0.5) is 0 Å². The molecule has 0 bridgehead atoms. The van der Waals surface area contributed by atoms with Gasteiger partial charge in [0.05, 0.1) is 22.7 Å². The fraction of sp³-hybridized carbons (Fsp3) is 0.0323. The van der Waals surface area contributed by atoms with E-state index in [1.807, 2.05) is 54.6 Å². The second-order valence-electron chi connectivity index (χ2n) is 8.83. The van der Waals surface area contributed by atoms with Crippen LogP contribution in [0.5, 0.6) is 5.75 Å². The van der Waals surface area contributed by atoms with Gasteiger partial charge in [-0.3, -0.25) is 4.79 Å². The third kappa shape index (κ3) is 4.91. The molecule has 0 saturated carbocycles. The number of hydrogen-bond acceptors (Lipinski definition) is 6. The van der Waals surface area contributed by atoms with E-state index in [1.54, 1.807) is 54.7 Å². The highest BCUT2D eigenvalue weighted by Gasteiger charge is 2.16. The van der Waals surface area contributed by atoms with Crippen molar-refractivity contribution in [3.8, 4) is 17.3 Å². The Balaban J connectivity index is 1.32. The third-order valence-corrected chi connectivity index (χ3v) is 6.19. The molecule has 2 aromatic heterocycles. The molecule has 6 rings (SSSR count). The van der Waals surface area contributed by atoms with Crippen LogP contribution in [0.25, 0.3) is 33.5 Å². The minimum Gasteiger partial charge on any atom is -0.489 e. The lowest BCUT2D eigenvalue weighted by atomic mass is 10.1. The number of aromatic carboxylic acids is 1. The van der Waals surface area contributed by atoms with E-state index in [0.29, 0.717) is 39.4 Å². The number of fused-ring (bicyclic) bond motifs is 2. The van der Waals surface area contributed by atoms with Crippen LogP contribution < -0.4 is 10.3 Å². The predicted molar refractivity (Wildman–Crippen MR) is 148 cm³/mol. The number of hydrogen-bond donors (Lipinski definition) is 1. The van der Waals surface area contributed by atoms with Gasteiger partial charge in [0, 0.05) is 5.39 Å². The number of furan rings is 1. The number of carbonyl (C=O) groups is 1. The average Bonchev–Trinajstić information content (AvgIpc) is 3.40. The molecule has 8 heteroatoms. The Morgan fingerprint density at radius 2 is 1.74 bits per heavy atom. The van der Waals surface area contributed by atoms with Crippen LogP contribution in [0.2, 0.25) is 0 Å². The predicted octanol–water partition coefficient (Wildman–Crippen LogP) is 5.97. The Kier molecular flexibility index (Phi) is 6.18. The molecule has 4 aromatic carbocycles. The number of ether oxygens (including phenoxy) is 1. The van der Waals surface area contributed by atoms with E-state index in [1.165, 1.54) is 4.68 Å². The van der Waals surface area contributed by atoms with Crippen LogP contribution in [0.1, 0.15) is 21.5 Å². The number of benzene rings is 4. The first-order valence-corrected chi connectivity index (χ1v) is 12.2. The number of para-hydroxylation sites is 2. The Morgan fingerprint density at radius 3 is 2.56 bits per heavy atom. The van der Waals surface area contributed by atoms with E-state index < -0.39 is 5.97 Å². The first-order chi connectivity index (χ1) is 19.0. The molecule has 2 heterocycles. The summed E-state index contributed by atoms with van der Waals surface area (Å²) >= 11 is 0. The van der Waals surface area contributed by atoms with Gasteiger partial charge in [-0.1, -0.05) is 54.6 Å². The first kappa shape index (κ1) is 23.9. The molecule has 0 aliphatic heterocycles. The molecule has 0 fully saturated rings. The summed E-state index contributed by atoms with van der Waals surface area (Å²) < 4.78 is 13.2. The van der Waals surface area contributed by atoms with Crippen LogP contribution in [0.3, 0.4) is 0 Å². The van der Waals surface area contributed by atoms with Crippen LogP contribution in [0, 0.1) is 0 Å². The molecule has 0 amide bonds. The summed E-state index contributed by atoms with van der Waals surface area (Å²) in [6.07, 6.45) is 1.57. The summed E-state index contributed by atoms with van der Waals surface area (Å²) in [5.74, 6) is 0.354. The van der Waals surface area contributed by atoms with Gasteiger partial charge in [-0.2, -0.15) is 9.78 Å². The van der Waals surface area contributed by atoms with Gasteiger partial charge in [0.15, 0.2) is 5.76 Å². The zero-order valence-corrected chi connectivity index (χ0v) is 20.5. The molecule has 39 heavy (non-hydrogen) atoms. The summed E-state index contributed by atoms with van der Waals surface area (Å²) in [6, 6.07) is 30.4. The first-order valence-electron chi connectivity index (χ1n) is 12.2. The summed E-state index contributed by atoms with van der Waals surface area (Å²) in [6.45, 7) is 0.269. The Morgan fingerprint density at radius 1 is 0.949 bits per heavy atom. The summed E-state index contributed by atoms with van der Waals surface area (Å²) in [5, 5.41) is 14.9. The van der Waals surface area contributed by atoms with Crippen molar-refractivity contribution in [2.75, 3.05) is 0 Å². The second kappa shape index (κ2) is 10.1. The van der Waals surface area contributed by atoms with E-state index in [0.717, 1.165) is 10.9 Å². The number of carboxylic acids is 1. The van der Waals surface area contributed by atoms with E-state index in [4.69, 9.17) is 19.2 Å². The summed E-state index contributed by atoms with van der Waals surface area (Å²) in [5.41, 5.74) is 2.69. The number of carboxylic acid groups (broad SMARTS) is 1.